The van der Waals surface area contributed by atoms with E-state index in [1.807, 2.05) is 54.6 Å². The Labute approximate surface area is 112 Å². The van der Waals surface area contributed by atoms with Crippen LogP contribution in [0, 0.1) is 0 Å². The van der Waals surface area contributed by atoms with Crippen LogP contribution >= 0.6 is 0 Å². The van der Waals surface area contributed by atoms with Gasteiger partial charge in [-0.05, 0) is 22.8 Å². The van der Waals surface area contributed by atoms with Crippen molar-refractivity contribution in [2.24, 2.45) is 4.99 Å². The van der Waals surface area contributed by atoms with Crippen molar-refractivity contribution >= 4 is 18.1 Å². The minimum absolute atomic E-state index is 0.142. The lowest BCUT2D eigenvalue weighted by atomic mass is 9.96. The number of carbonyl (C=O) groups excluding carboxylic acids is 1. The Morgan fingerprint density at radius 3 is 2.53 bits per heavy atom. The molecule has 2 aromatic rings. The van der Waals surface area contributed by atoms with Crippen LogP contribution in [0.25, 0.3) is 6.08 Å². The first-order chi connectivity index (χ1) is 9.34. The zero-order valence-electron chi connectivity index (χ0n) is 10.4. The summed E-state index contributed by atoms with van der Waals surface area (Å²) in [4.78, 5) is 16.7. The maximum atomic E-state index is 12.4. The molecule has 1 aliphatic heterocycles. The average Bonchev–Trinajstić information content (AvgIpc) is 2.45. The number of Topliss-reactive ketones (excluding diaryl/α,β-unsaturated/α-hetero) is 1. The van der Waals surface area contributed by atoms with Crippen LogP contribution in [-0.2, 0) is 6.42 Å². The minimum atomic E-state index is 0.142. The van der Waals surface area contributed by atoms with Crippen LogP contribution in [0.1, 0.15) is 27.0 Å². The second-order valence-electron chi connectivity index (χ2n) is 4.48. The second kappa shape index (κ2) is 5.02. The van der Waals surface area contributed by atoms with E-state index in [4.69, 9.17) is 0 Å². The van der Waals surface area contributed by atoms with Crippen molar-refractivity contribution in [3.63, 3.8) is 0 Å². The predicted molar refractivity (Wildman–Crippen MR) is 77.5 cm³/mol. The van der Waals surface area contributed by atoms with Crippen LogP contribution in [0.3, 0.4) is 0 Å². The van der Waals surface area contributed by atoms with E-state index in [0.717, 1.165) is 22.3 Å². The van der Waals surface area contributed by atoms with Gasteiger partial charge in [0.1, 0.15) is 0 Å². The molecule has 0 N–H and O–H groups in total. The molecular weight excluding hydrogens is 234 g/mol. The van der Waals surface area contributed by atoms with Crippen molar-refractivity contribution in [1.29, 1.82) is 0 Å². The lowest BCUT2D eigenvalue weighted by Crippen LogP contribution is -2.08. The quantitative estimate of drug-likeness (QED) is 0.700. The van der Waals surface area contributed by atoms with E-state index >= 15 is 0 Å². The molecule has 1 heterocycles. The lowest BCUT2D eigenvalue weighted by molar-refractivity contribution is 0.0993. The summed E-state index contributed by atoms with van der Waals surface area (Å²) in [6, 6.07) is 15.5. The summed E-state index contributed by atoms with van der Waals surface area (Å²) in [7, 11) is 0. The molecule has 0 aromatic heterocycles. The van der Waals surface area contributed by atoms with Gasteiger partial charge < -0.3 is 0 Å². The number of fused-ring (bicyclic) bond motifs is 2. The molecule has 0 aliphatic carbocycles. The summed E-state index contributed by atoms with van der Waals surface area (Å²) in [5.41, 5.74) is 3.69. The molecule has 0 spiro atoms. The first kappa shape index (κ1) is 11.6. The summed E-state index contributed by atoms with van der Waals surface area (Å²) in [6.45, 7) is 0. The lowest BCUT2D eigenvalue weighted by Gasteiger charge is -2.08. The molecule has 1 aliphatic rings. The summed E-state index contributed by atoms with van der Waals surface area (Å²) in [5.74, 6) is 0.142. The molecule has 2 nitrogen and oxygen atoms in total. The average molecular weight is 247 g/mol. The van der Waals surface area contributed by atoms with Gasteiger partial charge in [-0.25, -0.2) is 0 Å². The van der Waals surface area contributed by atoms with Gasteiger partial charge in [-0.3, -0.25) is 9.79 Å². The molecule has 0 saturated carbocycles. The number of rotatable bonds is 0. The van der Waals surface area contributed by atoms with Crippen molar-refractivity contribution in [3.8, 4) is 0 Å². The topological polar surface area (TPSA) is 29.4 Å². The van der Waals surface area contributed by atoms with Crippen LogP contribution in [-0.4, -0.2) is 12.0 Å². The number of hydrogen-bond acceptors (Lipinski definition) is 2. The number of carbonyl (C=O) groups is 1. The summed E-state index contributed by atoms with van der Waals surface area (Å²) in [5, 5.41) is 0. The van der Waals surface area contributed by atoms with E-state index in [1.165, 1.54) is 0 Å². The van der Waals surface area contributed by atoms with Gasteiger partial charge in [0, 0.05) is 24.4 Å². The number of nitrogens with zero attached hydrogens (tertiary/aromatic N) is 1. The summed E-state index contributed by atoms with van der Waals surface area (Å²) >= 11 is 0. The Balaban J connectivity index is 2.13. The molecule has 0 unspecified atom stereocenters. The third kappa shape index (κ3) is 2.38. The second-order valence-corrected chi connectivity index (χ2v) is 4.48. The smallest absolute Gasteiger partial charge is 0.167 e. The van der Waals surface area contributed by atoms with E-state index in [0.29, 0.717) is 6.42 Å². The van der Waals surface area contributed by atoms with Gasteiger partial charge in [-0.2, -0.15) is 0 Å². The fourth-order valence-electron chi connectivity index (χ4n) is 2.23. The van der Waals surface area contributed by atoms with Gasteiger partial charge in [-0.15, -0.1) is 0 Å². The Hall–Kier alpha value is -2.48. The largest absolute Gasteiger partial charge is 0.294 e. The molecular formula is C17H13NO. The van der Waals surface area contributed by atoms with Gasteiger partial charge in [0.15, 0.2) is 5.78 Å². The normalized spacial score (nSPS) is 15.5. The summed E-state index contributed by atoms with van der Waals surface area (Å²) in [6.07, 6.45) is 5.81. The van der Waals surface area contributed by atoms with Gasteiger partial charge in [0.2, 0.25) is 0 Å². The highest BCUT2D eigenvalue weighted by atomic mass is 16.1. The minimum Gasteiger partial charge on any atom is -0.294 e. The predicted octanol–water partition coefficient (Wildman–Crippen LogP) is 3.52. The Morgan fingerprint density at radius 2 is 1.63 bits per heavy atom. The number of aliphatic imine (C=N–C) groups is 1. The highest BCUT2D eigenvalue weighted by Gasteiger charge is 2.12. The van der Waals surface area contributed by atoms with E-state index in [9.17, 15) is 4.79 Å². The molecule has 2 aromatic carbocycles. The first-order valence-corrected chi connectivity index (χ1v) is 6.24. The first-order valence-electron chi connectivity index (χ1n) is 6.24. The fraction of sp³-hybridized carbons (Fsp3) is 0.0588. The van der Waals surface area contributed by atoms with E-state index in [2.05, 4.69) is 4.99 Å². The van der Waals surface area contributed by atoms with Crippen LogP contribution in [0.5, 0.6) is 0 Å². The zero-order valence-corrected chi connectivity index (χ0v) is 10.4. The van der Waals surface area contributed by atoms with Crippen molar-refractivity contribution in [2.75, 3.05) is 0 Å². The molecule has 0 fully saturated rings. The highest BCUT2D eigenvalue weighted by molar-refractivity contribution is 6.02. The monoisotopic (exact) mass is 247 g/mol. The molecule has 0 atom stereocenters. The molecule has 0 saturated heterocycles. The SMILES string of the molecule is O=C1Cc2ccccc2C=N/C=C\c2ccccc21. The number of hydrogen-bond donors (Lipinski definition) is 0. The fourth-order valence-corrected chi connectivity index (χ4v) is 2.23. The van der Waals surface area contributed by atoms with Crippen molar-refractivity contribution < 1.29 is 4.79 Å². The van der Waals surface area contributed by atoms with Gasteiger partial charge in [-0.1, -0.05) is 48.5 Å². The van der Waals surface area contributed by atoms with Crippen LogP contribution < -0.4 is 0 Å². The van der Waals surface area contributed by atoms with Gasteiger partial charge in [0.05, 0.1) is 0 Å². The Kier molecular flexibility index (Phi) is 3.07. The van der Waals surface area contributed by atoms with E-state index in [1.54, 1.807) is 12.4 Å². The van der Waals surface area contributed by atoms with Crippen LogP contribution in [0.4, 0.5) is 0 Å². The number of ketones is 1. The molecule has 0 radical (unpaired) electrons. The molecule has 19 heavy (non-hydrogen) atoms. The molecule has 92 valence electrons. The van der Waals surface area contributed by atoms with Crippen LogP contribution in [0.15, 0.2) is 59.7 Å². The third-order valence-electron chi connectivity index (χ3n) is 3.22. The maximum Gasteiger partial charge on any atom is 0.167 e. The maximum absolute atomic E-state index is 12.4. The molecule has 3 rings (SSSR count). The van der Waals surface area contributed by atoms with Crippen molar-refractivity contribution in [1.82, 2.24) is 0 Å². The zero-order chi connectivity index (χ0) is 13.1. The van der Waals surface area contributed by atoms with E-state index in [-0.39, 0.29) is 5.78 Å². The summed E-state index contributed by atoms with van der Waals surface area (Å²) < 4.78 is 0. The Morgan fingerprint density at radius 1 is 0.895 bits per heavy atom. The Bertz CT molecular complexity index is 683. The van der Waals surface area contributed by atoms with Gasteiger partial charge >= 0.3 is 0 Å². The number of benzene rings is 2. The highest BCUT2D eigenvalue weighted by Crippen LogP contribution is 2.17. The van der Waals surface area contributed by atoms with Crippen molar-refractivity contribution in [3.05, 3.63) is 77.0 Å². The molecule has 0 amide bonds. The molecule has 2 heteroatoms. The third-order valence-corrected chi connectivity index (χ3v) is 3.22. The van der Waals surface area contributed by atoms with Crippen LogP contribution in [0.2, 0.25) is 0 Å². The van der Waals surface area contributed by atoms with E-state index < -0.39 is 0 Å². The van der Waals surface area contributed by atoms with Crippen molar-refractivity contribution in [2.45, 2.75) is 6.42 Å². The molecule has 0 bridgehead atoms. The van der Waals surface area contributed by atoms with Gasteiger partial charge in [0.25, 0.3) is 0 Å². The standard InChI is InChI=1S/C17H13NO/c19-17-11-14-6-1-2-7-15(14)12-18-10-9-13-5-3-4-8-16(13)17/h1-10,12H,11H2/b10-9-,18-12?.